The molecule has 1 aromatic carbocycles. The van der Waals surface area contributed by atoms with Crippen molar-refractivity contribution >= 4 is 17.7 Å². The number of aryl methyl sites for hydroxylation is 2. The lowest BCUT2D eigenvalue weighted by Gasteiger charge is -2.34. The Labute approximate surface area is 155 Å². The number of rotatable bonds is 7. The minimum atomic E-state index is -0.00668. The average molecular weight is 359 g/mol. The van der Waals surface area contributed by atoms with Crippen LogP contribution in [0.5, 0.6) is 0 Å². The number of hydrogen-bond donors (Lipinski definition) is 1. The molecule has 6 nitrogen and oxygen atoms in total. The number of hydrogen-bond acceptors (Lipinski definition) is 3. The molecule has 26 heavy (non-hydrogen) atoms. The Morgan fingerprint density at radius 1 is 1.00 bits per heavy atom. The minimum Gasteiger partial charge on any atom is -0.356 e. The highest BCUT2D eigenvalue weighted by molar-refractivity contribution is 5.79. The molecule has 0 atom stereocenters. The highest BCUT2D eigenvalue weighted by Crippen LogP contribution is 2.10. The van der Waals surface area contributed by atoms with Gasteiger partial charge in [0.05, 0.1) is 0 Å². The van der Waals surface area contributed by atoms with Crippen molar-refractivity contribution in [2.24, 2.45) is 0 Å². The maximum atomic E-state index is 12.2. The van der Waals surface area contributed by atoms with E-state index in [4.69, 9.17) is 0 Å². The fourth-order valence-corrected chi connectivity index (χ4v) is 3.16. The summed E-state index contributed by atoms with van der Waals surface area (Å²) in [6.45, 7) is 6.32. The largest absolute Gasteiger partial charge is 0.356 e. The number of carbonyl (C=O) groups excluding carboxylic acids is 3. The molecule has 1 heterocycles. The van der Waals surface area contributed by atoms with Gasteiger partial charge in [-0.1, -0.05) is 24.3 Å². The molecule has 1 fully saturated rings. The molecule has 142 valence electrons. The molecule has 0 aliphatic carbocycles. The Balaban J connectivity index is 1.59. The Morgan fingerprint density at radius 2 is 1.65 bits per heavy atom. The lowest BCUT2D eigenvalue weighted by Crippen LogP contribution is -2.50. The van der Waals surface area contributed by atoms with Crippen LogP contribution < -0.4 is 5.32 Å². The van der Waals surface area contributed by atoms with Gasteiger partial charge in [0.1, 0.15) is 0 Å². The minimum absolute atomic E-state index is 0.00668. The Hall–Kier alpha value is -2.37. The number of amides is 3. The van der Waals surface area contributed by atoms with Gasteiger partial charge in [-0.3, -0.25) is 14.4 Å². The highest BCUT2D eigenvalue weighted by Gasteiger charge is 2.21. The number of benzene rings is 1. The van der Waals surface area contributed by atoms with Crippen LogP contribution in [-0.4, -0.2) is 60.2 Å². The highest BCUT2D eigenvalue weighted by atomic mass is 16.2. The zero-order valence-electron chi connectivity index (χ0n) is 15.8. The quantitative estimate of drug-likeness (QED) is 0.802. The van der Waals surface area contributed by atoms with Gasteiger partial charge in [-0.25, -0.2) is 0 Å². The Bertz CT molecular complexity index is 637. The molecule has 1 aromatic rings. The smallest absolute Gasteiger partial charge is 0.224 e. The first-order chi connectivity index (χ1) is 12.5. The summed E-state index contributed by atoms with van der Waals surface area (Å²) in [7, 11) is 0. The molecule has 0 spiro atoms. The number of piperazine rings is 1. The van der Waals surface area contributed by atoms with Crippen LogP contribution in [0.25, 0.3) is 0 Å². The predicted octanol–water partition coefficient (Wildman–Crippen LogP) is 1.51. The van der Waals surface area contributed by atoms with Crippen molar-refractivity contribution in [3.05, 3.63) is 35.4 Å². The second-order valence-electron chi connectivity index (χ2n) is 6.77. The molecule has 2 rings (SSSR count). The Kier molecular flexibility index (Phi) is 7.63. The molecule has 6 heteroatoms. The van der Waals surface area contributed by atoms with E-state index in [2.05, 4.69) is 24.4 Å². The number of carbonyl (C=O) groups is 3. The van der Waals surface area contributed by atoms with Gasteiger partial charge in [-0.15, -0.1) is 0 Å². The van der Waals surface area contributed by atoms with E-state index in [1.807, 2.05) is 12.1 Å². The van der Waals surface area contributed by atoms with Gasteiger partial charge >= 0.3 is 0 Å². The van der Waals surface area contributed by atoms with Gasteiger partial charge in [-0.05, 0) is 30.9 Å². The van der Waals surface area contributed by atoms with Crippen LogP contribution in [-0.2, 0) is 20.8 Å². The van der Waals surface area contributed by atoms with Crippen LogP contribution in [0.15, 0.2) is 24.3 Å². The molecule has 1 saturated heterocycles. The lowest BCUT2D eigenvalue weighted by molar-refractivity contribution is -0.138. The predicted molar refractivity (Wildman–Crippen MR) is 101 cm³/mol. The van der Waals surface area contributed by atoms with Crippen molar-refractivity contribution in [3.63, 3.8) is 0 Å². The Morgan fingerprint density at radius 3 is 2.31 bits per heavy atom. The van der Waals surface area contributed by atoms with Crippen molar-refractivity contribution in [2.75, 3.05) is 32.7 Å². The van der Waals surface area contributed by atoms with Crippen LogP contribution in [0, 0.1) is 6.92 Å². The van der Waals surface area contributed by atoms with Crippen molar-refractivity contribution in [3.8, 4) is 0 Å². The molecule has 1 aliphatic heterocycles. The van der Waals surface area contributed by atoms with Gasteiger partial charge in [0, 0.05) is 52.5 Å². The number of nitrogens with zero attached hydrogens (tertiary/aromatic N) is 2. The monoisotopic (exact) mass is 359 g/mol. The molecule has 0 unspecified atom stereocenters. The van der Waals surface area contributed by atoms with E-state index < -0.39 is 0 Å². The molecular weight excluding hydrogens is 330 g/mol. The van der Waals surface area contributed by atoms with E-state index in [-0.39, 0.29) is 17.7 Å². The van der Waals surface area contributed by atoms with Gasteiger partial charge < -0.3 is 15.1 Å². The molecule has 0 saturated carbocycles. The van der Waals surface area contributed by atoms with E-state index >= 15 is 0 Å². The molecule has 0 aromatic heterocycles. The summed E-state index contributed by atoms with van der Waals surface area (Å²) in [6.07, 6.45) is 2.47. The van der Waals surface area contributed by atoms with Crippen LogP contribution >= 0.6 is 0 Å². The maximum absolute atomic E-state index is 12.2. The summed E-state index contributed by atoms with van der Waals surface area (Å²) < 4.78 is 0. The molecule has 0 bridgehead atoms. The average Bonchev–Trinajstić information content (AvgIpc) is 2.63. The standard InChI is InChI=1S/C20H29N3O3/c1-16-6-3-4-7-18(16)8-5-9-19(25)21-11-10-20(26)23-14-12-22(13-15-23)17(2)24/h3-4,6-7H,5,8-15H2,1-2H3,(H,21,25). The van der Waals surface area contributed by atoms with Crippen molar-refractivity contribution in [1.82, 2.24) is 15.1 Å². The summed E-state index contributed by atoms with van der Waals surface area (Å²) in [5.74, 6) is 0.0799. The van der Waals surface area contributed by atoms with E-state index in [0.29, 0.717) is 45.6 Å². The summed E-state index contributed by atoms with van der Waals surface area (Å²) in [5.41, 5.74) is 2.53. The maximum Gasteiger partial charge on any atom is 0.224 e. The van der Waals surface area contributed by atoms with Crippen molar-refractivity contribution in [2.45, 2.75) is 39.5 Å². The second-order valence-corrected chi connectivity index (χ2v) is 6.77. The molecular formula is C20H29N3O3. The zero-order chi connectivity index (χ0) is 18.9. The van der Waals surface area contributed by atoms with E-state index in [0.717, 1.165) is 12.8 Å². The first-order valence-corrected chi connectivity index (χ1v) is 9.32. The fourth-order valence-electron chi connectivity index (χ4n) is 3.16. The molecule has 3 amide bonds. The van der Waals surface area contributed by atoms with Crippen molar-refractivity contribution < 1.29 is 14.4 Å². The first kappa shape index (κ1) is 19.9. The van der Waals surface area contributed by atoms with Crippen LogP contribution in [0.3, 0.4) is 0 Å². The van der Waals surface area contributed by atoms with E-state index in [9.17, 15) is 14.4 Å². The fraction of sp³-hybridized carbons (Fsp3) is 0.550. The summed E-state index contributed by atoms with van der Waals surface area (Å²) >= 11 is 0. The van der Waals surface area contributed by atoms with E-state index in [1.165, 1.54) is 11.1 Å². The summed E-state index contributed by atoms with van der Waals surface area (Å²) in [5, 5.41) is 2.83. The van der Waals surface area contributed by atoms with Gasteiger partial charge in [-0.2, -0.15) is 0 Å². The lowest BCUT2D eigenvalue weighted by atomic mass is 10.0. The topological polar surface area (TPSA) is 69.7 Å². The van der Waals surface area contributed by atoms with Crippen LogP contribution in [0.1, 0.15) is 37.3 Å². The van der Waals surface area contributed by atoms with Crippen LogP contribution in [0.4, 0.5) is 0 Å². The SMILES string of the molecule is CC(=O)N1CCN(C(=O)CCNC(=O)CCCc2ccccc2C)CC1. The molecule has 0 radical (unpaired) electrons. The summed E-state index contributed by atoms with van der Waals surface area (Å²) in [6, 6.07) is 8.21. The first-order valence-electron chi connectivity index (χ1n) is 9.32. The summed E-state index contributed by atoms with van der Waals surface area (Å²) in [4.78, 5) is 38.9. The second kappa shape index (κ2) is 9.94. The van der Waals surface area contributed by atoms with Gasteiger partial charge in [0.25, 0.3) is 0 Å². The molecule has 1 aliphatic rings. The van der Waals surface area contributed by atoms with Gasteiger partial charge in [0.2, 0.25) is 17.7 Å². The van der Waals surface area contributed by atoms with Crippen LogP contribution in [0.2, 0.25) is 0 Å². The third kappa shape index (κ3) is 6.17. The molecule has 1 N–H and O–H groups in total. The number of nitrogens with one attached hydrogen (secondary N) is 1. The third-order valence-corrected chi connectivity index (χ3v) is 4.85. The zero-order valence-corrected chi connectivity index (χ0v) is 15.8. The third-order valence-electron chi connectivity index (χ3n) is 4.85. The van der Waals surface area contributed by atoms with Gasteiger partial charge in [0.15, 0.2) is 0 Å². The van der Waals surface area contributed by atoms with E-state index in [1.54, 1.807) is 16.7 Å². The van der Waals surface area contributed by atoms with Crippen molar-refractivity contribution in [1.29, 1.82) is 0 Å². The normalized spacial score (nSPS) is 14.2.